The fourth-order valence-corrected chi connectivity index (χ4v) is 2.44. The summed E-state index contributed by atoms with van der Waals surface area (Å²) in [6, 6.07) is 8.02. The number of pyridine rings is 1. The van der Waals surface area contributed by atoms with Crippen molar-refractivity contribution in [1.29, 1.82) is 0 Å². The van der Waals surface area contributed by atoms with Crippen LogP contribution in [0.3, 0.4) is 0 Å². The lowest BCUT2D eigenvalue weighted by Crippen LogP contribution is -2.44. The molecule has 2 aromatic rings. The maximum absolute atomic E-state index is 11.6. The number of hydrogen-bond donors (Lipinski definition) is 1. The monoisotopic (exact) mass is 243 g/mol. The van der Waals surface area contributed by atoms with Crippen molar-refractivity contribution < 1.29 is 0 Å². The number of hydrogen-bond acceptors (Lipinski definition) is 3. The van der Waals surface area contributed by atoms with E-state index in [0.29, 0.717) is 0 Å². The largest absolute Gasteiger partial charge is 0.369 e. The minimum absolute atomic E-state index is 0.0163. The first-order chi connectivity index (χ1) is 8.74. The molecule has 1 aliphatic rings. The number of H-pyrrole nitrogens is 1. The second-order valence-corrected chi connectivity index (χ2v) is 4.87. The average molecular weight is 243 g/mol. The highest BCUT2D eigenvalue weighted by Crippen LogP contribution is 2.20. The Kier molecular flexibility index (Phi) is 2.80. The zero-order valence-electron chi connectivity index (χ0n) is 10.5. The van der Waals surface area contributed by atoms with Crippen molar-refractivity contribution >= 4 is 16.5 Å². The molecule has 4 heteroatoms. The summed E-state index contributed by atoms with van der Waals surface area (Å²) in [4.78, 5) is 19.0. The number of nitrogens with zero attached hydrogens (tertiary/aromatic N) is 2. The van der Waals surface area contributed by atoms with Crippen molar-refractivity contribution in [2.75, 3.05) is 38.1 Å². The smallest absolute Gasteiger partial charge is 0.255 e. The Labute approximate surface area is 106 Å². The van der Waals surface area contributed by atoms with E-state index in [1.165, 1.54) is 5.69 Å². The number of aromatic nitrogens is 1. The van der Waals surface area contributed by atoms with Crippen LogP contribution in [0.25, 0.3) is 10.8 Å². The van der Waals surface area contributed by atoms with Crippen LogP contribution in [0.4, 0.5) is 5.69 Å². The SMILES string of the molecule is CN1CCN(c2ccc3c(=O)[nH]ccc3c2)CC1. The summed E-state index contributed by atoms with van der Waals surface area (Å²) in [6.45, 7) is 4.28. The Bertz CT molecular complexity index is 612. The fraction of sp³-hybridized carbons (Fsp3) is 0.357. The molecule has 0 spiro atoms. The highest BCUT2D eigenvalue weighted by atomic mass is 16.1. The van der Waals surface area contributed by atoms with E-state index in [-0.39, 0.29) is 5.56 Å². The van der Waals surface area contributed by atoms with Gasteiger partial charge in [0.2, 0.25) is 0 Å². The van der Waals surface area contributed by atoms with E-state index in [4.69, 9.17) is 0 Å². The molecule has 4 nitrogen and oxygen atoms in total. The number of piperazine rings is 1. The first-order valence-electron chi connectivity index (χ1n) is 6.29. The molecule has 1 aromatic carbocycles. The van der Waals surface area contributed by atoms with Crippen LogP contribution < -0.4 is 10.5 Å². The Hall–Kier alpha value is -1.81. The van der Waals surface area contributed by atoms with Crippen LogP contribution in [-0.4, -0.2) is 43.1 Å². The lowest BCUT2D eigenvalue weighted by molar-refractivity contribution is 0.313. The fourth-order valence-electron chi connectivity index (χ4n) is 2.44. The van der Waals surface area contributed by atoms with Crippen LogP contribution in [0.2, 0.25) is 0 Å². The highest BCUT2D eigenvalue weighted by Gasteiger charge is 2.14. The molecule has 0 atom stereocenters. The van der Waals surface area contributed by atoms with Crippen molar-refractivity contribution in [2.24, 2.45) is 0 Å². The van der Waals surface area contributed by atoms with Crippen LogP contribution in [-0.2, 0) is 0 Å². The van der Waals surface area contributed by atoms with Gasteiger partial charge in [-0.2, -0.15) is 0 Å². The van der Waals surface area contributed by atoms with Gasteiger partial charge in [0.25, 0.3) is 5.56 Å². The molecular formula is C14H17N3O. The zero-order chi connectivity index (χ0) is 12.5. The van der Waals surface area contributed by atoms with Gasteiger partial charge in [0.15, 0.2) is 0 Å². The molecule has 0 radical (unpaired) electrons. The Morgan fingerprint density at radius 1 is 1.11 bits per heavy atom. The predicted molar refractivity (Wildman–Crippen MR) is 74.3 cm³/mol. The van der Waals surface area contributed by atoms with Gasteiger partial charge in [-0.15, -0.1) is 0 Å². The minimum Gasteiger partial charge on any atom is -0.369 e. The Balaban J connectivity index is 1.96. The third-order valence-corrected chi connectivity index (χ3v) is 3.63. The van der Waals surface area contributed by atoms with Crippen LogP contribution in [0.5, 0.6) is 0 Å². The van der Waals surface area contributed by atoms with Crippen molar-refractivity contribution in [3.63, 3.8) is 0 Å². The van der Waals surface area contributed by atoms with Gasteiger partial charge in [0, 0.05) is 43.4 Å². The average Bonchev–Trinajstić information content (AvgIpc) is 2.39. The second-order valence-electron chi connectivity index (χ2n) is 4.87. The summed E-state index contributed by atoms with van der Waals surface area (Å²) in [7, 11) is 2.15. The molecular weight excluding hydrogens is 226 g/mol. The molecule has 1 aromatic heterocycles. The summed E-state index contributed by atoms with van der Waals surface area (Å²) in [6.07, 6.45) is 1.71. The van der Waals surface area contributed by atoms with E-state index in [9.17, 15) is 4.79 Å². The quantitative estimate of drug-likeness (QED) is 0.820. The molecule has 1 aliphatic heterocycles. The highest BCUT2D eigenvalue weighted by molar-refractivity contribution is 5.84. The molecule has 0 aliphatic carbocycles. The standard InChI is InChI=1S/C14H17N3O/c1-16-6-8-17(9-7-16)12-2-3-13-11(10-12)4-5-15-14(13)18/h2-5,10H,6-9H2,1H3,(H,15,18). The predicted octanol–water partition coefficient (Wildman–Crippen LogP) is 1.28. The molecule has 0 unspecified atom stereocenters. The van der Waals surface area contributed by atoms with Gasteiger partial charge in [-0.25, -0.2) is 0 Å². The summed E-state index contributed by atoms with van der Waals surface area (Å²) >= 11 is 0. The Morgan fingerprint density at radius 3 is 2.67 bits per heavy atom. The van der Waals surface area contributed by atoms with Gasteiger partial charge in [-0.05, 0) is 36.7 Å². The second kappa shape index (κ2) is 4.46. The van der Waals surface area contributed by atoms with Gasteiger partial charge >= 0.3 is 0 Å². The lowest BCUT2D eigenvalue weighted by atomic mass is 10.1. The van der Waals surface area contributed by atoms with E-state index >= 15 is 0 Å². The van der Waals surface area contributed by atoms with Crippen molar-refractivity contribution in [1.82, 2.24) is 9.88 Å². The number of aromatic amines is 1. The first kappa shape index (κ1) is 11.3. The summed E-state index contributed by atoms with van der Waals surface area (Å²) in [5, 5.41) is 1.77. The van der Waals surface area contributed by atoms with Crippen LogP contribution in [0, 0.1) is 0 Å². The molecule has 1 saturated heterocycles. The lowest BCUT2D eigenvalue weighted by Gasteiger charge is -2.34. The van der Waals surface area contributed by atoms with Crippen LogP contribution >= 0.6 is 0 Å². The van der Waals surface area contributed by atoms with Crippen molar-refractivity contribution in [2.45, 2.75) is 0 Å². The van der Waals surface area contributed by atoms with Gasteiger partial charge in [-0.1, -0.05) is 0 Å². The van der Waals surface area contributed by atoms with E-state index in [2.05, 4.69) is 27.9 Å². The van der Waals surface area contributed by atoms with Gasteiger partial charge in [0.1, 0.15) is 0 Å². The number of nitrogens with one attached hydrogen (secondary N) is 1. The van der Waals surface area contributed by atoms with Gasteiger partial charge in [-0.3, -0.25) is 4.79 Å². The minimum atomic E-state index is -0.0163. The summed E-state index contributed by atoms with van der Waals surface area (Å²) < 4.78 is 0. The summed E-state index contributed by atoms with van der Waals surface area (Å²) in [5.41, 5.74) is 1.19. The molecule has 0 bridgehead atoms. The molecule has 1 fully saturated rings. The molecule has 0 amide bonds. The van der Waals surface area contributed by atoms with E-state index in [1.54, 1.807) is 6.20 Å². The van der Waals surface area contributed by atoms with E-state index < -0.39 is 0 Å². The molecule has 1 N–H and O–H groups in total. The van der Waals surface area contributed by atoms with Crippen LogP contribution in [0.1, 0.15) is 0 Å². The first-order valence-corrected chi connectivity index (χ1v) is 6.29. The number of likely N-dealkylation sites (N-methyl/N-ethyl adjacent to an activating group) is 1. The topological polar surface area (TPSA) is 39.3 Å². The number of anilines is 1. The number of rotatable bonds is 1. The third-order valence-electron chi connectivity index (χ3n) is 3.63. The van der Waals surface area contributed by atoms with E-state index in [1.807, 2.05) is 18.2 Å². The number of fused-ring (bicyclic) bond motifs is 1. The van der Waals surface area contributed by atoms with Crippen molar-refractivity contribution in [3.8, 4) is 0 Å². The number of benzene rings is 1. The normalized spacial score (nSPS) is 17.3. The molecule has 18 heavy (non-hydrogen) atoms. The third kappa shape index (κ3) is 1.99. The van der Waals surface area contributed by atoms with E-state index in [0.717, 1.165) is 37.0 Å². The Morgan fingerprint density at radius 2 is 1.89 bits per heavy atom. The van der Waals surface area contributed by atoms with Crippen molar-refractivity contribution in [3.05, 3.63) is 40.8 Å². The maximum atomic E-state index is 11.6. The van der Waals surface area contributed by atoms with Gasteiger partial charge < -0.3 is 14.8 Å². The van der Waals surface area contributed by atoms with Gasteiger partial charge in [0.05, 0.1) is 0 Å². The molecule has 3 rings (SSSR count). The van der Waals surface area contributed by atoms with Crippen LogP contribution in [0.15, 0.2) is 35.3 Å². The zero-order valence-corrected chi connectivity index (χ0v) is 10.5. The molecule has 94 valence electrons. The maximum Gasteiger partial charge on any atom is 0.255 e. The molecule has 2 heterocycles. The molecule has 0 saturated carbocycles. The summed E-state index contributed by atoms with van der Waals surface area (Å²) in [5.74, 6) is 0.